The molecule has 3 aromatic rings. The summed E-state index contributed by atoms with van der Waals surface area (Å²) in [6, 6.07) is 14.7. The highest BCUT2D eigenvalue weighted by Gasteiger charge is 2.36. The van der Waals surface area contributed by atoms with Gasteiger partial charge in [0.25, 0.3) is 0 Å². The van der Waals surface area contributed by atoms with Gasteiger partial charge in [0.05, 0.1) is 0 Å². The third-order valence-electron chi connectivity index (χ3n) is 8.72. The number of hydrogen-bond acceptors (Lipinski definition) is 4. The molecular weight excluding hydrogens is 598 g/mol. The van der Waals surface area contributed by atoms with Crippen molar-refractivity contribution in [2.24, 2.45) is 5.41 Å². The maximum absolute atomic E-state index is 14.1. The van der Waals surface area contributed by atoms with Gasteiger partial charge in [-0.1, -0.05) is 25.1 Å². The van der Waals surface area contributed by atoms with E-state index in [1.807, 2.05) is 18.2 Å². The van der Waals surface area contributed by atoms with Crippen LogP contribution in [0.25, 0.3) is 0 Å². The lowest BCUT2D eigenvalue weighted by Crippen LogP contribution is -2.42. The molecule has 0 aliphatic carbocycles. The highest BCUT2D eigenvalue weighted by atomic mass is 35.5. The molecule has 0 spiro atoms. The second kappa shape index (κ2) is 14.8. The Balaban J connectivity index is 0.00000253. The predicted molar refractivity (Wildman–Crippen MR) is 169 cm³/mol. The maximum atomic E-state index is 14.1. The zero-order chi connectivity index (χ0) is 29.0. The zero-order valence-electron chi connectivity index (χ0n) is 24.5. The highest BCUT2D eigenvalue weighted by molar-refractivity contribution is 5.91. The second-order valence-corrected chi connectivity index (χ2v) is 12.0. The van der Waals surface area contributed by atoms with E-state index in [9.17, 15) is 18.0 Å². The van der Waals surface area contributed by atoms with Gasteiger partial charge in [-0.15, -0.1) is 24.8 Å². The Bertz CT molecular complexity index is 1390. The molecule has 2 aliphatic heterocycles. The fourth-order valence-electron chi connectivity index (χ4n) is 6.29. The molecule has 2 saturated heterocycles. The lowest BCUT2D eigenvalue weighted by atomic mass is 9.68. The van der Waals surface area contributed by atoms with E-state index >= 15 is 0 Å². The number of ether oxygens (including phenoxy) is 1. The maximum Gasteiger partial charge on any atom is 0.224 e. The molecule has 3 aromatic carbocycles. The SMILES string of the molecule is Cc1ccc(NC(=O)CC2(C)CCNCC2)cc1C1(Cc2ccc(Oc3cc(F)c(F)cc3F)cc2)CCNCC1.Cl.Cl. The van der Waals surface area contributed by atoms with E-state index in [1.54, 1.807) is 12.1 Å². The molecule has 0 radical (unpaired) electrons. The molecule has 0 atom stereocenters. The van der Waals surface area contributed by atoms with Gasteiger partial charge in [-0.2, -0.15) is 0 Å². The van der Waals surface area contributed by atoms with Gasteiger partial charge in [-0.05, 0) is 112 Å². The van der Waals surface area contributed by atoms with Crippen LogP contribution in [-0.2, 0) is 16.6 Å². The average Bonchev–Trinajstić information content (AvgIpc) is 2.94. The average molecular weight is 639 g/mol. The number of carbonyl (C=O) groups excluding carboxylic acids is 1. The highest BCUT2D eigenvalue weighted by Crippen LogP contribution is 2.40. The zero-order valence-corrected chi connectivity index (χ0v) is 26.2. The number of amides is 1. The van der Waals surface area contributed by atoms with Gasteiger partial charge in [0.1, 0.15) is 5.75 Å². The van der Waals surface area contributed by atoms with Crippen molar-refractivity contribution in [3.8, 4) is 11.5 Å². The smallest absolute Gasteiger partial charge is 0.224 e. The molecule has 43 heavy (non-hydrogen) atoms. The van der Waals surface area contributed by atoms with Gasteiger partial charge < -0.3 is 20.7 Å². The number of aryl methyl sites for hydroxylation is 1. The van der Waals surface area contributed by atoms with Crippen molar-refractivity contribution in [2.75, 3.05) is 31.5 Å². The summed E-state index contributed by atoms with van der Waals surface area (Å²) < 4.78 is 46.4. The van der Waals surface area contributed by atoms with Crippen LogP contribution in [0.5, 0.6) is 11.5 Å². The lowest BCUT2D eigenvalue weighted by molar-refractivity contribution is -0.118. The summed E-state index contributed by atoms with van der Waals surface area (Å²) >= 11 is 0. The summed E-state index contributed by atoms with van der Waals surface area (Å²) in [5.74, 6) is -3.37. The lowest BCUT2D eigenvalue weighted by Gasteiger charge is -2.40. The Morgan fingerprint density at radius 2 is 1.44 bits per heavy atom. The van der Waals surface area contributed by atoms with Gasteiger partial charge in [0.2, 0.25) is 5.91 Å². The Morgan fingerprint density at radius 1 is 0.837 bits per heavy atom. The first-order chi connectivity index (χ1) is 19.6. The molecule has 1 amide bonds. The minimum absolute atomic E-state index is 0. The first kappa shape index (κ1) is 34.7. The van der Waals surface area contributed by atoms with E-state index in [0.29, 0.717) is 24.3 Å². The van der Waals surface area contributed by atoms with Crippen molar-refractivity contribution < 1.29 is 22.7 Å². The van der Waals surface area contributed by atoms with E-state index in [4.69, 9.17) is 4.74 Å². The van der Waals surface area contributed by atoms with Crippen LogP contribution in [0.1, 0.15) is 55.7 Å². The van der Waals surface area contributed by atoms with E-state index in [-0.39, 0.29) is 47.3 Å². The fraction of sp³-hybridized carbons (Fsp3) is 0.424. The molecule has 2 fully saturated rings. The molecule has 3 N–H and O–H groups in total. The van der Waals surface area contributed by atoms with Crippen LogP contribution in [0.4, 0.5) is 18.9 Å². The van der Waals surface area contributed by atoms with Gasteiger partial charge in [0, 0.05) is 29.7 Å². The topological polar surface area (TPSA) is 62.4 Å². The molecule has 0 unspecified atom stereocenters. The summed E-state index contributed by atoms with van der Waals surface area (Å²) in [7, 11) is 0. The third-order valence-corrected chi connectivity index (χ3v) is 8.72. The number of piperidine rings is 2. The van der Waals surface area contributed by atoms with Crippen molar-refractivity contribution in [3.63, 3.8) is 0 Å². The Labute approximate surface area is 264 Å². The molecule has 0 aromatic heterocycles. The largest absolute Gasteiger partial charge is 0.454 e. The number of rotatable bonds is 8. The van der Waals surface area contributed by atoms with Gasteiger partial charge in [0.15, 0.2) is 23.2 Å². The van der Waals surface area contributed by atoms with E-state index in [1.165, 1.54) is 11.1 Å². The Hall–Kier alpha value is -2.78. The first-order valence-corrected chi connectivity index (χ1v) is 14.4. The summed E-state index contributed by atoms with van der Waals surface area (Å²) in [6.45, 7) is 7.99. The Kier molecular flexibility index (Phi) is 11.9. The van der Waals surface area contributed by atoms with Crippen molar-refractivity contribution >= 4 is 36.4 Å². The predicted octanol–water partition coefficient (Wildman–Crippen LogP) is 7.63. The number of anilines is 1. The summed E-state index contributed by atoms with van der Waals surface area (Å²) in [4.78, 5) is 13.0. The minimum atomic E-state index is -1.26. The normalized spacial score (nSPS) is 17.2. The number of nitrogens with one attached hydrogen (secondary N) is 3. The van der Waals surface area contributed by atoms with Crippen LogP contribution in [-0.4, -0.2) is 32.1 Å². The van der Waals surface area contributed by atoms with Crippen molar-refractivity contribution in [1.29, 1.82) is 0 Å². The summed E-state index contributed by atoms with van der Waals surface area (Å²) in [5.41, 5.74) is 4.20. The van der Waals surface area contributed by atoms with Gasteiger partial charge in [-0.25, -0.2) is 13.2 Å². The Morgan fingerprint density at radius 3 is 2.09 bits per heavy atom. The van der Waals surface area contributed by atoms with E-state index in [0.717, 1.165) is 69.5 Å². The van der Waals surface area contributed by atoms with E-state index in [2.05, 4.69) is 41.9 Å². The standard InChI is InChI=1S/C33H38F3N3O2.2ClH/c1-22-3-6-24(39-31(40)21-32(2)9-13-37-14-10-32)17-26(22)33(11-15-38-16-12-33)20-23-4-7-25(8-5-23)41-30-19-28(35)27(34)18-29(30)36;;/h3-8,17-19,37-38H,9-16,20-21H2,1-2H3,(H,39,40);2*1H. The monoisotopic (exact) mass is 637 g/mol. The molecule has 10 heteroatoms. The number of hydrogen-bond donors (Lipinski definition) is 3. The van der Waals surface area contributed by atoms with Crippen LogP contribution in [0.2, 0.25) is 0 Å². The number of carbonyl (C=O) groups is 1. The molecule has 234 valence electrons. The second-order valence-electron chi connectivity index (χ2n) is 12.0. The molecular formula is C33H40Cl2F3N3O2. The first-order valence-electron chi connectivity index (χ1n) is 14.4. The van der Waals surface area contributed by atoms with Crippen molar-refractivity contribution in [3.05, 3.63) is 88.7 Å². The summed E-state index contributed by atoms with van der Waals surface area (Å²) in [6.07, 6.45) is 5.15. The quantitative estimate of drug-likeness (QED) is 0.222. The van der Waals surface area contributed by atoms with Gasteiger partial charge >= 0.3 is 0 Å². The summed E-state index contributed by atoms with van der Waals surface area (Å²) in [5, 5.41) is 10.0. The molecule has 0 bridgehead atoms. The van der Waals surface area contributed by atoms with Crippen LogP contribution < -0.4 is 20.7 Å². The van der Waals surface area contributed by atoms with Crippen LogP contribution in [0, 0.1) is 29.8 Å². The number of halogens is 5. The fourth-order valence-corrected chi connectivity index (χ4v) is 6.29. The van der Waals surface area contributed by atoms with Crippen LogP contribution in [0.15, 0.2) is 54.6 Å². The molecule has 0 saturated carbocycles. The van der Waals surface area contributed by atoms with E-state index < -0.39 is 17.5 Å². The molecule has 2 heterocycles. The minimum Gasteiger partial charge on any atom is -0.454 e. The molecule has 5 nitrogen and oxygen atoms in total. The number of benzene rings is 3. The van der Waals surface area contributed by atoms with Crippen LogP contribution in [0.3, 0.4) is 0 Å². The van der Waals surface area contributed by atoms with Crippen molar-refractivity contribution in [2.45, 2.75) is 57.8 Å². The van der Waals surface area contributed by atoms with Crippen molar-refractivity contribution in [1.82, 2.24) is 10.6 Å². The van der Waals surface area contributed by atoms with Gasteiger partial charge in [-0.3, -0.25) is 4.79 Å². The molecule has 2 aliphatic rings. The van der Waals surface area contributed by atoms with Crippen LogP contribution >= 0.6 is 24.8 Å². The molecule has 5 rings (SSSR count). The third kappa shape index (κ3) is 8.44.